The second-order valence-corrected chi connectivity index (χ2v) is 6.25. The van der Waals surface area contributed by atoms with Crippen molar-refractivity contribution in [3.05, 3.63) is 47.9 Å². The average molecular weight is 349 g/mol. The molecule has 26 heavy (non-hydrogen) atoms. The second kappa shape index (κ2) is 6.83. The topological polar surface area (TPSA) is 108 Å². The van der Waals surface area contributed by atoms with Gasteiger partial charge in [-0.2, -0.15) is 5.10 Å². The van der Waals surface area contributed by atoms with Crippen LogP contribution in [0.15, 0.2) is 36.7 Å². The SMILES string of the molecule is Cc1cc(Nc2cncc(Nc3ccc4c(c3)NC(=O)CCC4)n2)n[nH]1. The maximum Gasteiger partial charge on any atom is 0.224 e. The van der Waals surface area contributed by atoms with E-state index in [1.807, 2.05) is 31.2 Å². The zero-order valence-corrected chi connectivity index (χ0v) is 14.3. The van der Waals surface area contributed by atoms with Crippen molar-refractivity contribution in [2.45, 2.75) is 26.2 Å². The second-order valence-electron chi connectivity index (χ2n) is 6.25. The van der Waals surface area contributed by atoms with Crippen LogP contribution in [-0.4, -0.2) is 26.1 Å². The molecule has 132 valence electrons. The summed E-state index contributed by atoms with van der Waals surface area (Å²) in [6.45, 7) is 1.93. The number of aryl methyl sites for hydroxylation is 2. The minimum atomic E-state index is 0.0567. The van der Waals surface area contributed by atoms with Crippen molar-refractivity contribution in [2.75, 3.05) is 16.0 Å². The van der Waals surface area contributed by atoms with E-state index >= 15 is 0 Å². The molecule has 1 aromatic carbocycles. The minimum absolute atomic E-state index is 0.0567. The quantitative estimate of drug-likeness (QED) is 0.576. The van der Waals surface area contributed by atoms with Crippen LogP contribution in [0.4, 0.5) is 28.8 Å². The predicted octanol–water partition coefficient (Wildman–Crippen LogP) is 3.27. The van der Waals surface area contributed by atoms with E-state index in [-0.39, 0.29) is 5.91 Å². The van der Waals surface area contributed by atoms with E-state index in [0.717, 1.165) is 35.5 Å². The summed E-state index contributed by atoms with van der Waals surface area (Å²) in [6.07, 6.45) is 5.61. The van der Waals surface area contributed by atoms with Gasteiger partial charge in [0.1, 0.15) is 0 Å². The van der Waals surface area contributed by atoms with Gasteiger partial charge in [0.15, 0.2) is 17.5 Å². The van der Waals surface area contributed by atoms with Crippen LogP contribution in [0.1, 0.15) is 24.1 Å². The van der Waals surface area contributed by atoms with Crippen molar-refractivity contribution >= 4 is 34.7 Å². The zero-order chi connectivity index (χ0) is 17.9. The van der Waals surface area contributed by atoms with Gasteiger partial charge in [0, 0.05) is 29.6 Å². The molecule has 0 unspecified atom stereocenters. The van der Waals surface area contributed by atoms with Crippen LogP contribution < -0.4 is 16.0 Å². The van der Waals surface area contributed by atoms with Crippen LogP contribution in [-0.2, 0) is 11.2 Å². The molecule has 1 amide bonds. The number of carbonyl (C=O) groups excluding carboxylic acids is 1. The van der Waals surface area contributed by atoms with Gasteiger partial charge in [0.2, 0.25) is 5.91 Å². The number of nitrogens with one attached hydrogen (secondary N) is 4. The third-order valence-corrected chi connectivity index (χ3v) is 4.10. The third kappa shape index (κ3) is 3.64. The Balaban J connectivity index is 1.52. The van der Waals surface area contributed by atoms with Crippen molar-refractivity contribution in [3.63, 3.8) is 0 Å². The molecule has 2 aromatic heterocycles. The van der Waals surface area contributed by atoms with Gasteiger partial charge in [-0.3, -0.25) is 14.9 Å². The van der Waals surface area contributed by atoms with Crippen LogP contribution >= 0.6 is 0 Å². The van der Waals surface area contributed by atoms with Crippen LogP contribution in [0.5, 0.6) is 0 Å². The lowest BCUT2D eigenvalue weighted by atomic mass is 10.1. The molecule has 4 rings (SSSR count). The highest BCUT2D eigenvalue weighted by atomic mass is 16.1. The molecule has 0 spiro atoms. The Hall–Kier alpha value is -3.42. The first-order valence-corrected chi connectivity index (χ1v) is 8.46. The number of carbonyl (C=O) groups is 1. The van der Waals surface area contributed by atoms with Crippen molar-refractivity contribution in [1.82, 2.24) is 20.2 Å². The smallest absolute Gasteiger partial charge is 0.224 e. The van der Waals surface area contributed by atoms with E-state index in [0.29, 0.717) is 23.9 Å². The van der Waals surface area contributed by atoms with Gasteiger partial charge in [-0.25, -0.2) is 4.98 Å². The standard InChI is InChI=1S/C18H19N7O/c1-11-7-15(25-24-11)22-17-10-19-9-16(23-17)20-13-6-5-12-3-2-4-18(26)21-14(12)8-13/h5-10H,2-4H2,1H3,(H,21,26)(H3,20,22,23,24,25). The van der Waals surface area contributed by atoms with Crippen LogP contribution in [0.2, 0.25) is 0 Å². The Morgan fingerprint density at radius 1 is 1.04 bits per heavy atom. The molecule has 3 heterocycles. The molecule has 0 aliphatic carbocycles. The Labute approximate surface area is 150 Å². The van der Waals surface area contributed by atoms with Gasteiger partial charge in [0.05, 0.1) is 12.4 Å². The van der Waals surface area contributed by atoms with E-state index in [1.54, 1.807) is 12.4 Å². The number of H-pyrrole nitrogens is 1. The Bertz CT molecular complexity index is 950. The number of amides is 1. The van der Waals surface area contributed by atoms with Gasteiger partial charge in [-0.15, -0.1) is 0 Å². The molecule has 0 saturated heterocycles. The van der Waals surface area contributed by atoms with E-state index < -0.39 is 0 Å². The summed E-state index contributed by atoms with van der Waals surface area (Å²) < 4.78 is 0. The first kappa shape index (κ1) is 16.1. The maximum absolute atomic E-state index is 11.8. The Morgan fingerprint density at radius 2 is 1.88 bits per heavy atom. The number of rotatable bonds is 4. The fourth-order valence-electron chi connectivity index (χ4n) is 2.89. The molecular weight excluding hydrogens is 330 g/mol. The first-order chi connectivity index (χ1) is 12.7. The molecule has 0 radical (unpaired) electrons. The lowest BCUT2D eigenvalue weighted by Gasteiger charge is -2.11. The molecule has 4 N–H and O–H groups in total. The van der Waals surface area contributed by atoms with Crippen molar-refractivity contribution in [2.24, 2.45) is 0 Å². The molecule has 0 bridgehead atoms. The maximum atomic E-state index is 11.8. The molecule has 8 nitrogen and oxygen atoms in total. The van der Waals surface area contributed by atoms with Gasteiger partial charge >= 0.3 is 0 Å². The van der Waals surface area contributed by atoms with Gasteiger partial charge < -0.3 is 16.0 Å². The highest BCUT2D eigenvalue weighted by Crippen LogP contribution is 2.27. The summed E-state index contributed by atoms with van der Waals surface area (Å²) >= 11 is 0. The Morgan fingerprint density at radius 3 is 2.69 bits per heavy atom. The fraction of sp³-hybridized carbons (Fsp3) is 0.222. The number of aromatic nitrogens is 4. The molecule has 8 heteroatoms. The number of hydrogen-bond donors (Lipinski definition) is 4. The van der Waals surface area contributed by atoms with Crippen LogP contribution in [0, 0.1) is 6.92 Å². The third-order valence-electron chi connectivity index (χ3n) is 4.10. The summed E-state index contributed by atoms with van der Waals surface area (Å²) in [4.78, 5) is 20.5. The number of anilines is 5. The number of hydrogen-bond acceptors (Lipinski definition) is 6. The summed E-state index contributed by atoms with van der Waals surface area (Å²) in [6, 6.07) is 7.83. The summed E-state index contributed by atoms with van der Waals surface area (Å²) in [7, 11) is 0. The average Bonchev–Trinajstić information content (AvgIpc) is 2.92. The zero-order valence-electron chi connectivity index (χ0n) is 14.3. The number of benzene rings is 1. The lowest BCUT2D eigenvalue weighted by molar-refractivity contribution is -0.116. The highest BCUT2D eigenvalue weighted by molar-refractivity contribution is 5.93. The molecule has 3 aromatic rings. The normalized spacial score (nSPS) is 13.5. The molecule has 0 fully saturated rings. The summed E-state index contributed by atoms with van der Waals surface area (Å²) in [5.74, 6) is 1.93. The predicted molar refractivity (Wildman–Crippen MR) is 99.9 cm³/mol. The molecule has 1 aliphatic rings. The van der Waals surface area contributed by atoms with E-state index in [2.05, 4.69) is 36.1 Å². The largest absolute Gasteiger partial charge is 0.339 e. The van der Waals surface area contributed by atoms with E-state index in [1.165, 1.54) is 0 Å². The van der Waals surface area contributed by atoms with Crippen molar-refractivity contribution < 1.29 is 4.79 Å². The fourth-order valence-corrected chi connectivity index (χ4v) is 2.89. The van der Waals surface area contributed by atoms with Gasteiger partial charge in [-0.1, -0.05) is 6.07 Å². The van der Waals surface area contributed by atoms with Crippen molar-refractivity contribution in [1.29, 1.82) is 0 Å². The lowest BCUT2D eigenvalue weighted by Crippen LogP contribution is -2.09. The number of nitrogens with zero attached hydrogens (tertiary/aromatic N) is 3. The molecule has 1 aliphatic heterocycles. The van der Waals surface area contributed by atoms with E-state index in [9.17, 15) is 4.79 Å². The monoisotopic (exact) mass is 349 g/mol. The number of fused-ring (bicyclic) bond motifs is 1. The molecule has 0 atom stereocenters. The van der Waals surface area contributed by atoms with Crippen LogP contribution in [0.3, 0.4) is 0 Å². The minimum Gasteiger partial charge on any atom is -0.339 e. The Kier molecular flexibility index (Phi) is 4.22. The number of aromatic amines is 1. The first-order valence-electron chi connectivity index (χ1n) is 8.46. The van der Waals surface area contributed by atoms with Gasteiger partial charge in [-0.05, 0) is 37.5 Å². The molecule has 0 saturated carbocycles. The van der Waals surface area contributed by atoms with Crippen molar-refractivity contribution in [3.8, 4) is 0 Å². The highest BCUT2D eigenvalue weighted by Gasteiger charge is 2.13. The summed E-state index contributed by atoms with van der Waals surface area (Å²) in [5, 5.41) is 16.3. The van der Waals surface area contributed by atoms with E-state index in [4.69, 9.17) is 0 Å². The van der Waals surface area contributed by atoms with Gasteiger partial charge in [0.25, 0.3) is 0 Å². The van der Waals surface area contributed by atoms with Crippen LogP contribution in [0.25, 0.3) is 0 Å². The summed E-state index contributed by atoms with van der Waals surface area (Å²) in [5.41, 5.74) is 3.80. The molecular formula is C18H19N7O.